The van der Waals surface area contributed by atoms with Crippen molar-refractivity contribution in [2.24, 2.45) is 0 Å². The van der Waals surface area contributed by atoms with Gasteiger partial charge < -0.3 is 10.3 Å². The molecular formula is C11H7BrN4OS. The number of hydrogen-bond acceptors (Lipinski definition) is 6. The summed E-state index contributed by atoms with van der Waals surface area (Å²) < 4.78 is 6.18. The van der Waals surface area contributed by atoms with Crippen LogP contribution < -0.4 is 5.73 Å². The van der Waals surface area contributed by atoms with Gasteiger partial charge in [0, 0.05) is 9.85 Å². The first-order valence-corrected chi connectivity index (χ1v) is 6.70. The van der Waals surface area contributed by atoms with Gasteiger partial charge in [0.1, 0.15) is 11.5 Å². The molecule has 18 heavy (non-hydrogen) atoms. The van der Waals surface area contributed by atoms with Crippen LogP contribution in [0.4, 0.5) is 5.82 Å². The summed E-state index contributed by atoms with van der Waals surface area (Å²) >= 11 is 4.92. The summed E-state index contributed by atoms with van der Waals surface area (Å²) in [5.74, 6) is 1.33. The van der Waals surface area contributed by atoms with Gasteiger partial charge in [-0.05, 0) is 34.1 Å². The highest BCUT2D eigenvalue weighted by Gasteiger charge is 2.13. The summed E-state index contributed by atoms with van der Waals surface area (Å²) in [6.45, 7) is 0. The molecule has 90 valence electrons. The zero-order chi connectivity index (χ0) is 12.5. The number of nitrogen functional groups attached to an aromatic ring is 1. The monoisotopic (exact) mass is 322 g/mol. The molecule has 0 unspecified atom stereocenters. The van der Waals surface area contributed by atoms with Crippen LogP contribution in [0, 0.1) is 0 Å². The van der Waals surface area contributed by atoms with Gasteiger partial charge in [-0.15, -0.1) is 11.3 Å². The third kappa shape index (κ3) is 2.14. The van der Waals surface area contributed by atoms with Gasteiger partial charge in [0.15, 0.2) is 0 Å². The highest BCUT2D eigenvalue weighted by Crippen LogP contribution is 2.29. The lowest BCUT2D eigenvalue weighted by molar-refractivity contribution is 0.431. The number of rotatable bonds is 2. The van der Waals surface area contributed by atoms with Crippen LogP contribution in [0.3, 0.4) is 0 Å². The van der Waals surface area contributed by atoms with E-state index in [-0.39, 0.29) is 0 Å². The van der Waals surface area contributed by atoms with Crippen molar-refractivity contribution < 1.29 is 4.52 Å². The van der Waals surface area contributed by atoms with Crippen molar-refractivity contribution in [3.8, 4) is 22.3 Å². The van der Waals surface area contributed by atoms with Crippen molar-refractivity contribution in [1.29, 1.82) is 0 Å². The van der Waals surface area contributed by atoms with Gasteiger partial charge in [0.05, 0.1) is 4.88 Å². The van der Waals surface area contributed by atoms with Crippen molar-refractivity contribution in [1.82, 2.24) is 15.1 Å². The van der Waals surface area contributed by atoms with Crippen LogP contribution in [0.5, 0.6) is 0 Å². The van der Waals surface area contributed by atoms with Crippen LogP contribution in [0.25, 0.3) is 22.3 Å². The van der Waals surface area contributed by atoms with E-state index in [0.717, 1.165) is 9.35 Å². The molecule has 0 spiro atoms. The van der Waals surface area contributed by atoms with E-state index in [1.165, 1.54) is 11.3 Å². The van der Waals surface area contributed by atoms with Crippen LogP contribution >= 0.6 is 27.3 Å². The molecule has 0 saturated carbocycles. The molecule has 0 aromatic carbocycles. The van der Waals surface area contributed by atoms with Gasteiger partial charge in [-0.3, -0.25) is 0 Å². The molecule has 2 N–H and O–H groups in total. The van der Waals surface area contributed by atoms with Crippen molar-refractivity contribution in [2.75, 3.05) is 5.73 Å². The molecule has 3 heterocycles. The zero-order valence-corrected chi connectivity index (χ0v) is 11.4. The van der Waals surface area contributed by atoms with E-state index in [1.54, 1.807) is 18.2 Å². The summed E-state index contributed by atoms with van der Waals surface area (Å²) in [6, 6.07) is 7.21. The smallest absolute Gasteiger partial charge is 0.276 e. The van der Waals surface area contributed by atoms with E-state index in [1.807, 2.05) is 11.4 Å². The minimum atomic E-state index is 0.363. The number of pyridine rings is 1. The third-order valence-electron chi connectivity index (χ3n) is 2.20. The van der Waals surface area contributed by atoms with Crippen LogP contribution in [-0.4, -0.2) is 15.1 Å². The molecule has 0 aliphatic heterocycles. The second-order valence-corrected chi connectivity index (χ2v) is 5.33. The largest absolute Gasteiger partial charge is 0.384 e. The standard InChI is InChI=1S/C11H7BrN4OS/c12-6-4-8(18-5-6)10-15-11(17-16-10)7-2-1-3-9(13)14-7/h1-5H,(H2,13,14). The number of halogens is 1. The molecule has 0 fully saturated rings. The molecule has 0 atom stereocenters. The summed E-state index contributed by atoms with van der Waals surface area (Å²) in [4.78, 5) is 9.36. The van der Waals surface area contributed by atoms with E-state index in [0.29, 0.717) is 23.2 Å². The minimum Gasteiger partial charge on any atom is -0.384 e. The molecule has 0 aliphatic rings. The van der Waals surface area contributed by atoms with Crippen molar-refractivity contribution >= 4 is 33.1 Å². The third-order valence-corrected chi connectivity index (χ3v) is 3.89. The first kappa shape index (κ1) is 11.4. The predicted molar refractivity (Wildman–Crippen MR) is 73.0 cm³/mol. The number of anilines is 1. The fourth-order valence-corrected chi connectivity index (χ4v) is 2.78. The Kier molecular flexibility index (Phi) is 2.85. The lowest BCUT2D eigenvalue weighted by atomic mass is 10.3. The molecule has 7 heteroatoms. The topological polar surface area (TPSA) is 77.8 Å². The van der Waals surface area contributed by atoms with E-state index in [2.05, 4.69) is 31.1 Å². The summed E-state index contributed by atoms with van der Waals surface area (Å²) in [6.07, 6.45) is 0. The second kappa shape index (κ2) is 4.51. The van der Waals surface area contributed by atoms with E-state index in [9.17, 15) is 0 Å². The summed E-state index contributed by atoms with van der Waals surface area (Å²) in [5.41, 5.74) is 6.19. The van der Waals surface area contributed by atoms with Crippen molar-refractivity contribution in [2.45, 2.75) is 0 Å². The number of aromatic nitrogens is 3. The van der Waals surface area contributed by atoms with Crippen LogP contribution in [0.1, 0.15) is 0 Å². The molecule has 0 radical (unpaired) electrons. The molecule has 3 rings (SSSR count). The maximum absolute atomic E-state index is 5.61. The Morgan fingerprint density at radius 2 is 2.17 bits per heavy atom. The van der Waals surface area contributed by atoms with E-state index >= 15 is 0 Å². The maximum atomic E-state index is 5.61. The Labute approximate surface area is 115 Å². The fourth-order valence-electron chi connectivity index (χ4n) is 1.43. The fraction of sp³-hybridized carbons (Fsp3) is 0. The van der Waals surface area contributed by atoms with E-state index < -0.39 is 0 Å². The highest BCUT2D eigenvalue weighted by atomic mass is 79.9. The molecule has 3 aromatic rings. The molecule has 0 amide bonds. The number of thiophene rings is 1. The summed E-state index contributed by atoms with van der Waals surface area (Å²) in [7, 11) is 0. The van der Waals surface area contributed by atoms with Gasteiger partial charge in [0.2, 0.25) is 5.82 Å². The Hall–Kier alpha value is -1.73. The van der Waals surface area contributed by atoms with Gasteiger partial charge in [-0.2, -0.15) is 4.98 Å². The quantitative estimate of drug-likeness (QED) is 0.783. The molecular weight excluding hydrogens is 316 g/mol. The first-order valence-electron chi connectivity index (χ1n) is 5.03. The lowest BCUT2D eigenvalue weighted by Gasteiger charge is -1.93. The predicted octanol–water partition coefficient (Wildman–Crippen LogP) is 3.20. The van der Waals surface area contributed by atoms with Crippen LogP contribution in [0.2, 0.25) is 0 Å². The maximum Gasteiger partial charge on any atom is 0.276 e. The highest BCUT2D eigenvalue weighted by molar-refractivity contribution is 9.10. The van der Waals surface area contributed by atoms with Gasteiger partial charge in [-0.25, -0.2) is 4.98 Å². The second-order valence-electron chi connectivity index (χ2n) is 3.50. The van der Waals surface area contributed by atoms with Gasteiger partial charge >= 0.3 is 0 Å². The Bertz CT molecular complexity index is 694. The van der Waals surface area contributed by atoms with Crippen LogP contribution in [-0.2, 0) is 0 Å². The average Bonchev–Trinajstić information content (AvgIpc) is 2.97. The van der Waals surface area contributed by atoms with Crippen molar-refractivity contribution in [3.63, 3.8) is 0 Å². The molecule has 5 nitrogen and oxygen atoms in total. The number of nitrogens with zero attached hydrogens (tertiary/aromatic N) is 3. The number of hydrogen-bond donors (Lipinski definition) is 1. The normalized spacial score (nSPS) is 10.7. The Morgan fingerprint density at radius 1 is 1.28 bits per heavy atom. The number of nitrogens with two attached hydrogens (primary N) is 1. The SMILES string of the molecule is Nc1cccc(-c2nc(-c3cc(Br)cs3)no2)n1. The molecule has 3 aromatic heterocycles. The average molecular weight is 323 g/mol. The molecule has 0 aliphatic carbocycles. The first-order chi connectivity index (χ1) is 8.72. The van der Waals surface area contributed by atoms with Crippen LogP contribution in [0.15, 0.2) is 38.6 Å². The van der Waals surface area contributed by atoms with E-state index in [4.69, 9.17) is 10.3 Å². The van der Waals surface area contributed by atoms with Crippen molar-refractivity contribution in [3.05, 3.63) is 34.1 Å². The summed E-state index contributed by atoms with van der Waals surface area (Å²) in [5, 5.41) is 5.89. The molecule has 0 saturated heterocycles. The lowest BCUT2D eigenvalue weighted by Crippen LogP contribution is -1.91. The zero-order valence-electron chi connectivity index (χ0n) is 9.00. The minimum absolute atomic E-state index is 0.363. The Morgan fingerprint density at radius 3 is 2.89 bits per heavy atom. The Balaban J connectivity index is 1.99. The van der Waals surface area contributed by atoms with Gasteiger partial charge in [0.25, 0.3) is 5.89 Å². The van der Waals surface area contributed by atoms with Gasteiger partial charge in [-0.1, -0.05) is 11.2 Å². The molecule has 0 bridgehead atoms.